The van der Waals surface area contributed by atoms with Crippen molar-refractivity contribution in [2.75, 3.05) is 0 Å². The molecule has 0 fully saturated rings. The molecule has 0 saturated carbocycles. The molecule has 0 amide bonds. The van der Waals surface area contributed by atoms with Crippen molar-refractivity contribution in [2.45, 2.75) is 6.92 Å². The van der Waals surface area contributed by atoms with Crippen molar-refractivity contribution in [1.29, 1.82) is 0 Å². The van der Waals surface area contributed by atoms with E-state index in [4.69, 9.17) is 0 Å². The summed E-state index contributed by atoms with van der Waals surface area (Å²) in [5.41, 5.74) is 3.40. The third-order valence-corrected chi connectivity index (χ3v) is 3.17. The Morgan fingerprint density at radius 2 is 1.75 bits per heavy atom. The summed E-state index contributed by atoms with van der Waals surface area (Å²) in [5, 5.41) is 0. The summed E-state index contributed by atoms with van der Waals surface area (Å²) < 4.78 is 1.19. The first kappa shape index (κ1) is 11.2. The average Bonchev–Trinajstić information content (AvgIpc) is 2.28. The summed E-state index contributed by atoms with van der Waals surface area (Å²) >= 11 is 2.31. The van der Waals surface area contributed by atoms with E-state index in [0.717, 1.165) is 11.1 Å². The fraction of sp³-hybridized carbons (Fsp3) is 0.0667. The van der Waals surface area contributed by atoms with Crippen LogP contribution in [0.15, 0.2) is 48.5 Å². The lowest BCUT2D eigenvalue weighted by Crippen LogP contribution is -1.80. The topological polar surface area (TPSA) is 0 Å². The summed E-state index contributed by atoms with van der Waals surface area (Å²) in [6.07, 6.45) is 0. The second kappa shape index (κ2) is 5.18. The van der Waals surface area contributed by atoms with Crippen LogP contribution in [0.3, 0.4) is 0 Å². The van der Waals surface area contributed by atoms with Gasteiger partial charge in [-0.1, -0.05) is 36.1 Å². The van der Waals surface area contributed by atoms with Gasteiger partial charge in [0.15, 0.2) is 0 Å². The van der Waals surface area contributed by atoms with Crippen molar-refractivity contribution in [3.63, 3.8) is 0 Å². The van der Waals surface area contributed by atoms with Crippen molar-refractivity contribution in [2.24, 2.45) is 0 Å². The van der Waals surface area contributed by atoms with E-state index in [1.54, 1.807) is 0 Å². The monoisotopic (exact) mass is 318 g/mol. The second-order valence-corrected chi connectivity index (χ2v) is 4.76. The molecule has 0 saturated heterocycles. The lowest BCUT2D eigenvalue weighted by atomic mass is 10.1. The van der Waals surface area contributed by atoms with Gasteiger partial charge in [-0.05, 0) is 59.3 Å². The normalized spacial score (nSPS) is 9.38. The van der Waals surface area contributed by atoms with Gasteiger partial charge in [0.05, 0.1) is 0 Å². The minimum atomic E-state index is 1.07. The minimum Gasteiger partial charge on any atom is -0.0616 e. The molecule has 0 nitrogen and oxygen atoms in total. The smallest absolute Gasteiger partial charge is 0.0382 e. The number of hydrogen-bond acceptors (Lipinski definition) is 0. The molecule has 0 radical (unpaired) electrons. The summed E-state index contributed by atoms with van der Waals surface area (Å²) in [6, 6.07) is 16.4. The molecule has 0 aromatic heterocycles. The van der Waals surface area contributed by atoms with Crippen LogP contribution >= 0.6 is 22.6 Å². The van der Waals surface area contributed by atoms with Gasteiger partial charge >= 0.3 is 0 Å². The summed E-state index contributed by atoms with van der Waals surface area (Å²) in [5.74, 6) is 6.39. The van der Waals surface area contributed by atoms with Crippen LogP contribution < -0.4 is 0 Å². The van der Waals surface area contributed by atoms with Gasteiger partial charge in [0.2, 0.25) is 0 Å². The third-order valence-electron chi connectivity index (χ3n) is 2.23. The van der Waals surface area contributed by atoms with Gasteiger partial charge in [-0.3, -0.25) is 0 Å². The first-order valence-corrected chi connectivity index (χ1v) is 6.17. The molecule has 0 aliphatic rings. The highest BCUT2D eigenvalue weighted by Crippen LogP contribution is 2.10. The van der Waals surface area contributed by atoms with E-state index < -0.39 is 0 Å². The maximum absolute atomic E-state index is 3.20. The first-order chi connectivity index (χ1) is 7.75. The quantitative estimate of drug-likeness (QED) is 0.509. The van der Waals surface area contributed by atoms with Crippen LogP contribution in [0.4, 0.5) is 0 Å². The Balaban J connectivity index is 2.32. The molecule has 1 heteroatoms. The summed E-state index contributed by atoms with van der Waals surface area (Å²) in [7, 11) is 0. The summed E-state index contributed by atoms with van der Waals surface area (Å²) in [4.78, 5) is 0. The van der Waals surface area contributed by atoms with E-state index in [9.17, 15) is 0 Å². The maximum atomic E-state index is 3.20. The number of rotatable bonds is 0. The lowest BCUT2D eigenvalue weighted by molar-refractivity contribution is 1.45. The standard InChI is InChI=1S/C15H11I/c1-12-5-4-6-13(11-12)9-10-14-7-2-3-8-15(14)16/h2-8,11H,1H3. The van der Waals surface area contributed by atoms with Crippen molar-refractivity contribution < 1.29 is 0 Å². The molecule has 0 spiro atoms. The highest BCUT2D eigenvalue weighted by molar-refractivity contribution is 14.1. The molecule has 2 aromatic carbocycles. The van der Waals surface area contributed by atoms with Crippen molar-refractivity contribution in [1.82, 2.24) is 0 Å². The molecule has 0 heterocycles. The van der Waals surface area contributed by atoms with E-state index >= 15 is 0 Å². The van der Waals surface area contributed by atoms with Crippen molar-refractivity contribution in [3.8, 4) is 11.8 Å². The molecule has 0 unspecified atom stereocenters. The Kier molecular flexibility index (Phi) is 3.63. The lowest BCUT2D eigenvalue weighted by Gasteiger charge is -1.94. The minimum absolute atomic E-state index is 1.07. The zero-order chi connectivity index (χ0) is 11.4. The molecule has 2 aromatic rings. The second-order valence-electron chi connectivity index (χ2n) is 3.60. The van der Waals surface area contributed by atoms with Crippen LogP contribution in [0.2, 0.25) is 0 Å². The molecule has 0 aliphatic heterocycles. The van der Waals surface area contributed by atoms with Gasteiger partial charge in [0.25, 0.3) is 0 Å². The highest BCUT2D eigenvalue weighted by atomic mass is 127. The van der Waals surface area contributed by atoms with Crippen LogP contribution in [0.1, 0.15) is 16.7 Å². The molecule has 0 aliphatic carbocycles. The van der Waals surface area contributed by atoms with Gasteiger partial charge in [0.1, 0.15) is 0 Å². The maximum Gasteiger partial charge on any atom is 0.0382 e. The Labute approximate surface area is 110 Å². The Hall–Kier alpha value is -1.27. The molecule has 0 N–H and O–H groups in total. The predicted molar refractivity (Wildman–Crippen MR) is 76.3 cm³/mol. The average molecular weight is 318 g/mol. The van der Waals surface area contributed by atoms with Crippen LogP contribution in [-0.4, -0.2) is 0 Å². The molecular formula is C15H11I. The molecule has 78 valence electrons. The first-order valence-electron chi connectivity index (χ1n) is 5.09. The predicted octanol–water partition coefficient (Wildman–Crippen LogP) is 4.00. The Morgan fingerprint density at radius 1 is 0.938 bits per heavy atom. The van der Waals surface area contributed by atoms with E-state index in [2.05, 4.69) is 59.6 Å². The fourth-order valence-corrected chi connectivity index (χ4v) is 1.95. The van der Waals surface area contributed by atoms with Crippen molar-refractivity contribution >= 4 is 22.6 Å². The van der Waals surface area contributed by atoms with E-state index in [0.29, 0.717) is 0 Å². The van der Waals surface area contributed by atoms with Gasteiger partial charge in [0, 0.05) is 14.7 Å². The van der Waals surface area contributed by atoms with Gasteiger partial charge < -0.3 is 0 Å². The number of hydrogen-bond donors (Lipinski definition) is 0. The van der Waals surface area contributed by atoms with Crippen molar-refractivity contribution in [3.05, 3.63) is 68.8 Å². The number of aryl methyl sites for hydroxylation is 1. The zero-order valence-electron chi connectivity index (χ0n) is 9.00. The van der Waals surface area contributed by atoms with Gasteiger partial charge in [-0.15, -0.1) is 0 Å². The SMILES string of the molecule is Cc1cccc(C#Cc2ccccc2I)c1. The zero-order valence-corrected chi connectivity index (χ0v) is 11.2. The van der Waals surface area contributed by atoms with Crippen LogP contribution in [-0.2, 0) is 0 Å². The van der Waals surface area contributed by atoms with Gasteiger partial charge in [-0.25, -0.2) is 0 Å². The Morgan fingerprint density at radius 3 is 2.50 bits per heavy atom. The largest absolute Gasteiger partial charge is 0.0616 e. The van der Waals surface area contributed by atoms with E-state index in [1.807, 2.05) is 30.3 Å². The number of benzene rings is 2. The third kappa shape index (κ3) is 2.86. The fourth-order valence-electron chi connectivity index (χ4n) is 1.42. The van der Waals surface area contributed by atoms with Crippen LogP contribution in [0.5, 0.6) is 0 Å². The molecular weight excluding hydrogens is 307 g/mol. The summed E-state index contributed by atoms with van der Waals surface area (Å²) in [6.45, 7) is 2.08. The number of halogens is 1. The molecule has 0 bridgehead atoms. The van der Waals surface area contributed by atoms with E-state index in [1.165, 1.54) is 9.13 Å². The molecule has 0 atom stereocenters. The van der Waals surface area contributed by atoms with Crippen LogP contribution in [0, 0.1) is 22.3 Å². The molecule has 16 heavy (non-hydrogen) atoms. The van der Waals surface area contributed by atoms with Gasteiger partial charge in [-0.2, -0.15) is 0 Å². The Bertz CT molecular complexity index is 559. The van der Waals surface area contributed by atoms with E-state index in [-0.39, 0.29) is 0 Å². The highest BCUT2D eigenvalue weighted by Gasteiger charge is 1.92. The van der Waals surface area contributed by atoms with Crippen LogP contribution in [0.25, 0.3) is 0 Å². The molecule has 2 rings (SSSR count).